The smallest absolute Gasteiger partial charge is 0.340 e. The first kappa shape index (κ1) is 25.7. The Bertz CT molecular complexity index is 1460. The van der Waals surface area contributed by atoms with E-state index in [2.05, 4.69) is 10.6 Å². The van der Waals surface area contributed by atoms with E-state index in [0.29, 0.717) is 17.1 Å². The fraction of sp³-hybridized carbons (Fsp3) is 0.143. The lowest BCUT2D eigenvalue weighted by Crippen LogP contribution is -2.32. The second-order valence-electron chi connectivity index (χ2n) is 8.35. The Hall–Kier alpha value is -4.43. The van der Waals surface area contributed by atoms with E-state index in [4.69, 9.17) is 16.3 Å². The van der Waals surface area contributed by atoms with Crippen molar-refractivity contribution in [3.8, 4) is 0 Å². The van der Waals surface area contributed by atoms with Gasteiger partial charge in [0.05, 0.1) is 23.5 Å². The highest BCUT2D eigenvalue weighted by atomic mass is 35.5. The van der Waals surface area contributed by atoms with Gasteiger partial charge in [-0.05, 0) is 62.7 Å². The summed E-state index contributed by atoms with van der Waals surface area (Å²) in [4.78, 5) is 52.2. The molecule has 0 atom stereocenters. The number of benzene rings is 3. The van der Waals surface area contributed by atoms with Crippen LogP contribution in [0.3, 0.4) is 0 Å². The molecule has 2 N–H and O–H groups in total. The molecule has 0 aliphatic carbocycles. The third-order valence-electron chi connectivity index (χ3n) is 5.69. The van der Waals surface area contributed by atoms with Crippen molar-refractivity contribution < 1.29 is 23.9 Å². The Kier molecular flexibility index (Phi) is 7.40. The zero-order valence-electron chi connectivity index (χ0n) is 20.4. The molecule has 37 heavy (non-hydrogen) atoms. The highest BCUT2D eigenvalue weighted by Crippen LogP contribution is 2.32. The Labute approximate surface area is 218 Å². The van der Waals surface area contributed by atoms with Gasteiger partial charge in [0.15, 0.2) is 0 Å². The molecule has 0 saturated carbocycles. The number of imide groups is 1. The Morgan fingerprint density at radius 3 is 2.43 bits per heavy atom. The number of rotatable bonds is 7. The molecular weight excluding hydrogens is 494 g/mol. The molecule has 3 aromatic rings. The van der Waals surface area contributed by atoms with E-state index in [9.17, 15) is 19.2 Å². The first-order chi connectivity index (χ1) is 17.7. The molecule has 0 bridgehead atoms. The van der Waals surface area contributed by atoms with Gasteiger partial charge in [-0.15, -0.1) is 0 Å². The van der Waals surface area contributed by atoms with E-state index in [0.717, 1.165) is 16.0 Å². The van der Waals surface area contributed by atoms with Crippen LogP contribution in [-0.2, 0) is 14.3 Å². The summed E-state index contributed by atoms with van der Waals surface area (Å²) in [5.41, 5.74) is 3.28. The summed E-state index contributed by atoms with van der Waals surface area (Å²) in [6.45, 7) is 5.63. The van der Waals surface area contributed by atoms with Gasteiger partial charge in [0.1, 0.15) is 10.7 Å². The normalized spacial score (nSPS) is 13.1. The lowest BCUT2D eigenvalue weighted by atomic mass is 10.1. The van der Waals surface area contributed by atoms with Gasteiger partial charge in [0, 0.05) is 11.3 Å². The maximum Gasteiger partial charge on any atom is 0.340 e. The number of para-hydroxylation sites is 1. The summed E-state index contributed by atoms with van der Waals surface area (Å²) in [5, 5.41) is 5.36. The lowest BCUT2D eigenvalue weighted by Gasteiger charge is -2.18. The average Bonchev–Trinajstić information content (AvgIpc) is 3.08. The molecule has 0 fully saturated rings. The summed E-state index contributed by atoms with van der Waals surface area (Å²) in [6.07, 6.45) is 0. The van der Waals surface area contributed by atoms with E-state index in [1.165, 1.54) is 6.07 Å². The second kappa shape index (κ2) is 10.7. The van der Waals surface area contributed by atoms with Gasteiger partial charge in [-0.1, -0.05) is 47.5 Å². The number of nitrogens with one attached hydrogen (secondary N) is 2. The van der Waals surface area contributed by atoms with Crippen molar-refractivity contribution in [2.45, 2.75) is 20.8 Å². The Morgan fingerprint density at radius 2 is 1.70 bits per heavy atom. The van der Waals surface area contributed by atoms with Gasteiger partial charge in [0.2, 0.25) is 0 Å². The number of anilines is 3. The van der Waals surface area contributed by atoms with Crippen molar-refractivity contribution in [3.05, 3.63) is 99.7 Å². The number of halogens is 1. The zero-order valence-corrected chi connectivity index (χ0v) is 21.2. The van der Waals surface area contributed by atoms with Gasteiger partial charge in [-0.25, -0.2) is 9.69 Å². The molecule has 0 spiro atoms. The summed E-state index contributed by atoms with van der Waals surface area (Å²) < 4.78 is 5.05. The average molecular weight is 518 g/mol. The minimum atomic E-state index is -0.634. The zero-order chi connectivity index (χ0) is 26.7. The minimum absolute atomic E-state index is 0.0862. The van der Waals surface area contributed by atoms with Crippen LogP contribution in [0.4, 0.5) is 17.1 Å². The molecular formula is C28H24ClN3O5. The number of nitrogens with zero attached hydrogens (tertiary/aromatic N) is 1. The molecule has 0 aromatic heterocycles. The van der Waals surface area contributed by atoms with E-state index in [-0.39, 0.29) is 28.5 Å². The number of aryl methyl sites for hydroxylation is 2. The van der Waals surface area contributed by atoms with Gasteiger partial charge in [-0.2, -0.15) is 0 Å². The maximum atomic E-state index is 13.2. The van der Waals surface area contributed by atoms with Crippen LogP contribution >= 0.6 is 11.6 Å². The molecule has 188 valence electrons. The van der Waals surface area contributed by atoms with Crippen molar-refractivity contribution in [2.24, 2.45) is 0 Å². The van der Waals surface area contributed by atoms with Crippen LogP contribution in [0.5, 0.6) is 0 Å². The Balaban J connectivity index is 1.55. The van der Waals surface area contributed by atoms with E-state index in [1.807, 2.05) is 26.0 Å². The molecule has 9 heteroatoms. The number of esters is 1. The SMILES string of the molecule is CCOC(=O)c1ccccc1NC(=O)c1cccc(NC2=C(Cl)C(=O)N(c3ccc(C)cc3C)C2=O)c1. The van der Waals surface area contributed by atoms with Crippen molar-refractivity contribution in [1.82, 2.24) is 0 Å². The molecule has 3 aromatic carbocycles. The topological polar surface area (TPSA) is 105 Å². The van der Waals surface area contributed by atoms with Crippen molar-refractivity contribution in [2.75, 3.05) is 22.1 Å². The molecule has 1 aliphatic rings. The first-order valence-electron chi connectivity index (χ1n) is 11.5. The van der Waals surface area contributed by atoms with Gasteiger partial charge >= 0.3 is 5.97 Å². The third kappa shape index (κ3) is 5.24. The highest BCUT2D eigenvalue weighted by Gasteiger charge is 2.39. The number of ether oxygens (including phenoxy) is 1. The van der Waals surface area contributed by atoms with Crippen molar-refractivity contribution in [3.63, 3.8) is 0 Å². The number of carbonyl (C=O) groups excluding carboxylic acids is 4. The van der Waals surface area contributed by atoms with Crippen molar-refractivity contribution in [1.29, 1.82) is 0 Å². The van der Waals surface area contributed by atoms with E-state index < -0.39 is 23.7 Å². The van der Waals surface area contributed by atoms with Crippen LogP contribution in [0.1, 0.15) is 38.8 Å². The fourth-order valence-electron chi connectivity index (χ4n) is 3.94. The molecule has 0 radical (unpaired) electrons. The molecule has 8 nitrogen and oxygen atoms in total. The van der Waals surface area contributed by atoms with Crippen LogP contribution < -0.4 is 15.5 Å². The standard InChI is InChI=1S/C28H24ClN3O5/c1-4-37-28(36)20-10-5-6-11-21(20)31-25(33)18-8-7-9-19(15-18)30-24-23(29)26(34)32(27(24)35)22-13-12-16(2)14-17(22)3/h5-15,30H,4H2,1-3H3,(H,31,33). The summed E-state index contributed by atoms with van der Waals surface area (Å²) in [7, 11) is 0. The fourth-order valence-corrected chi connectivity index (χ4v) is 4.15. The summed E-state index contributed by atoms with van der Waals surface area (Å²) >= 11 is 6.27. The van der Waals surface area contributed by atoms with Gasteiger partial charge in [0.25, 0.3) is 17.7 Å². The monoisotopic (exact) mass is 517 g/mol. The Morgan fingerprint density at radius 1 is 0.946 bits per heavy atom. The van der Waals surface area contributed by atoms with Crippen LogP contribution in [0.25, 0.3) is 0 Å². The van der Waals surface area contributed by atoms with Crippen LogP contribution in [0, 0.1) is 13.8 Å². The quantitative estimate of drug-likeness (QED) is 0.331. The van der Waals surface area contributed by atoms with Crippen molar-refractivity contribution >= 4 is 52.4 Å². The highest BCUT2D eigenvalue weighted by molar-refractivity contribution is 6.53. The van der Waals surface area contributed by atoms with E-state index in [1.54, 1.807) is 55.5 Å². The number of amides is 3. The molecule has 1 heterocycles. The van der Waals surface area contributed by atoms with E-state index >= 15 is 0 Å². The summed E-state index contributed by atoms with van der Waals surface area (Å²) in [6, 6.07) is 18.2. The predicted molar refractivity (Wildman–Crippen MR) is 142 cm³/mol. The molecule has 1 aliphatic heterocycles. The lowest BCUT2D eigenvalue weighted by molar-refractivity contribution is -0.120. The molecule has 3 amide bonds. The molecule has 4 rings (SSSR count). The molecule has 0 saturated heterocycles. The molecule has 0 unspecified atom stereocenters. The predicted octanol–water partition coefficient (Wildman–Crippen LogP) is 5.17. The minimum Gasteiger partial charge on any atom is -0.462 e. The first-order valence-corrected chi connectivity index (χ1v) is 11.9. The largest absolute Gasteiger partial charge is 0.462 e. The van der Waals surface area contributed by atoms with Gasteiger partial charge in [-0.3, -0.25) is 14.4 Å². The van der Waals surface area contributed by atoms with Crippen LogP contribution in [0.15, 0.2) is 77.5 Å². The van der Waals surface area contributed by atoms with Crippen LogP contribution in [0.2, 0.25) is 0 Å². The van der Waals surface area contributed by atoms with Gasteiger partial charge < -0.3 is 15.4 Å². The third-order valence-corrected chi connectivity index (χ3v) is 6.04. The number of carbonyl (C=O) groups is 4. The van der Waals surface area contributed by atoms with Crippen LogP contribution in [-0.4, -0.2) is 30.3 Å². The summed E-state index contributed by atoms with van der Waals surface area (Å²) in [5.74, 6) is -2.26. The number of hydrogen-bond acceptors (Lipinski definition) is 6. The maximum absolute atomic E-state index is 13.2. The number of hydrogen-bond donors (Lipinski definition) is 2. The second-order valence-corrected chi connectivity index (χ2v) is 8.73.